The summed E-state index contributed by atoms with van der Waals surface area (Å²) in [6.45, 7) is 2.09. The first-order valence-corrected chi connectivity index (χ1v) is 7.89. The summed E-state index contributed by atoms with van der Waals surface area (Å²) in [4.78, 5) is 10.9. The number of rotatable bonds is 6. The summed E-state index contributed by atoms with van der Waals surface area (Å²) in [5, 5.41) is 11.0. The van der Waals surface area contributed by atoms with Gasteiger partial charge in [0.15, 0.2) is 0 Å². The molecule has 0 radical (unpaired) electrons. The average molecular weight is 348 g/mol. The number of hydrogen-bond acceptors (Lipinski definition) is 2. The average Bonchev–Trinajstić information content (AvgIpc) is 2.45. The van der Waals surface area contributed by atoms with Crippen LogP contribution in [0.15, 0.2) is 48.5 Å². The van der Waals surface area contributed by atoms with E-state index < -0.39 is 0 Å². The minimum absolute atomic E-state index is 0.206. The molecule has 2 aromatic carbocycles. The lowest BCUT2D eigenvalue weighted by molar-refractivity contribution is -0.385. The zero-order chi connectivity index (χ0) is 15.2. The van der Waals surface area contributed by atoms with E-state index in [-0.39, 0.29) is 15.4 Å². The molecule has 21 heavy (non-hydrogen) atoms. The monoisotopic (exact) mass is 347 g/mol. The van der Waals surface area contributed by atoms with Gasteiger partial charge in [0.2, 0.25) is 0 Å². The fraction of sp³-hybridized carbons (Fsp3) is 0.294. The van der Waals surface area contributed by atoms with Crippen LogP contribution in [-0.4, -0.2) is 9.75 Å². The predicted molar refractivity (Wildman–Crippen MR) is 89.0 cm³/mol. The Kier molecular flexibility index (Phi) is 5.51. The summed E-state index contributed by atoms with van der Waals surface area (Å²) in [7, 11) is 0. The van der Waals surface area contributed by atoms with Crippen molar-refractivity contribution >= 4 is 21.6 Å². The fourth-order valence-corrected chi connectivity index (χ4v) is 2.97. The number of hydrogen-bond donors (Lipinski definition) is 0. The maximum atomic E-state index is 11.0. The van der Waals surface area contributed by atoms with E-state index in [4.69, 9.17) is 0 Å². The molecule has 0 bridgehead atoms. The summed E-state index contributed by atoms with van der Waals surface area (Å²) in [5.74, 6) is 0. The molecule has 3 nitrogen and oxygen atoms in total. The highest BCUT2D eigenvalue weighted by Gasteiger charge is 2.15. The molecule has 2 rings (SSSR count). The largest absolute Gasteiger partial charge is 0.272 e. The first-order valence-electron chi connectivity index (χ1n) is 6.98. The Labute approximate surface area is 133 Å². The molecule has 110 valence electrons. The Morgan fingerprint density at radius 3 is 2.67 bits per heavy atom. The van der Waals surface area contributed by atoms with E-state index >= 15 is 0 Å². The number of halogens is 1. The Morgan fingerprint density at radius 2 is 1.95 bits per heavy atom. The van der Waals surface area contributed by atoms with Gasteiger partial charge in [0.1, 0.15) is 0 Å². The smallest absolute Gasteiger partial charge is 0.258 e. The van der Waals surface area contributed by atoms with Gasteiger partial charge in [0.25, 0.3) is 5.69 Å². The topological polar surface area (TPSA) is 43.1 Å². The number of nitrogens with zero attached hydrogens (tertiary/aromatic N) is 1. The van der Waals surface area contributed by atoms with Crippen LogP contribution < -0.4 is 0 Å². The number of nitro benzene ring substituents is 1. The lowest BCUT2D eigenvalue weighted by atomic mass is 10.0. The summed E-state index contributed by atoms with van der Waals surface area (Å²) in [6, 6.07) is 15.4. The van der Waals surface area contributed by atoms with Crippen molar-refractivity contribution in [2.24, 2.45) is 0 Å². The number of alkyl halides is 1. The van der Waals surface area contributed by atoms with Crippen LogP contribution in [0.2, 0.25) is 0 Å². The summed E-state index contributed by atoms with van der Waals surface area (Å²) < 4.78 is 0. The second-order valence-electron chi connectivity index (χ2n) is 5.21. The van der Waals surface area contributed by atoms with Gasteiger partial charge < -0.3 is 0 Å². The number of nitro groups is 1. The first kappa shape index (κ1) is 15.7. The minimum atomic E-state index is -0.310. The van der Waals surface area contributed by atoms with E-state index in [9.17, 15) is 10.1 Å². The standard InChI is InChI=1S/C17H18BrNO2/c1-13-5-4-6-14(11-13)9-10-16(18)12-15-7-2-3-8-17(15)19(20)21/h2-8,11,16H,9-10,12H2,1H3. The maximum absolute atomic E-state index is 11.0. The molecule has 2 aromatic rings. The van der Waals surface area contributed by atoms with Crippen molar-refractivity contribution in [3.63, 3.8) is 0 Å². The molecule has 0 N–H and O–H groups in total. The van der Waals surface area contributed by atoms with Crippen molar-refractivity contribution in [2.45, 2.75) is 31.0 Å². The van der Waals surface area contributed by atoms with Crippen LogP contribution in [0.5, 0.6) is 0 Å². The lowest BCUT2D eigenvalue weighted by Gasteiger charge is -2.10. The molecular formula is C17H18BrNO2. The summed E-state index contributed by atoms with van der Waals surface area (Å²) in [5.41, 5.74) is 3.56. The lowest BCUT2D eigenvalue weighted by Crippen LogP contribution is -2.06. The highest BCUT2D eigenvalue weighted by atomic mass is 79.9. The van der Waals surface area contributed by atoms with Gasteiger partial charge in [0, 0.05) is 16.5 Å². The minimum Gasteiger partial charge on any atom is -0.258 e. The second kappa shape index (κ2) is 7.36. The normalized spacial score (nSPS) is 12.1. The Morgan fingerprint density at radius 1 is 1.19 bits per heavy atom. The van der Waals surface area contributed by atoms with Crippen molar-refractivity contribution < 1.29 is 4.92 Å². The molecule has 4 heteroatoms. The summed E-state index contributed by atoms with van der Waals surface area (Å²) in [6.07, 6.45) is 2.59. The number of benzene rings is 2. The van der Waals surface area contributed by atoms with Crippen molar-refractivity contribution in [1.29, 1.82) is 0 Å². The van der Waals surface area contributed by atoms with Crippen LogP contribution in [0.3, 0.4) is 0 Å². The first-order chi connectivity index (χ1) is 10.1. The van der Waals surface area contributed by atoms with Crippen molar-refractivity contribution in [1.82, 2.24) is 0 Å². The Hall–Kier alpha value is -1.68. The van der Waals surface area contributed by atoms with E-state index in [0.717, 1.165) is 18.4 Å². The third-order valence-electron chi connectivity index (χ3n) is 3.46. The van der Waals surface area contributed by atoms with Gasteiger partial charge >= 0.3 is 0 Å². The maximum Gasteiger partial charge on any atom is 0.272 e. The van der Waals surface area contributed by atoms with Crippen LogP contribution in [0, 0.1) is 17.0 Å². The third-order valence-corrected chi connectivity index (χ3v) is 4.24. The van der Waals surface area contributed by atoms with E-state index in [0.29, 0.717) is 6.42 Å². The molecule has 0 saturated carbocycles. The van der Waals surface area contributed by atoms with Gasteiger partial charge in [-0.3, -0.25) is 10.1 Å². The van der Waals surface area contributed by atoms with Crippen LogP contribution in [-0.2, 0) is 12.8 Å². The zero-order valence-electron chi connectivity index (χ0n) is 12.0. The molecule has 0 amide bonds. The Bertz CT molecular complexity index is 628. The molecular weight excluding hydrogens is 330 g/mol. The van der Waals surface area contributed by atoms with Gasteiger partial charge in [-0.1, -0.05) is 64.0 Å². The van der Waals surface area contributed by atoms with Gasteiger partial charge in [-0.05, 0) is 31.7 Å². The molecule has 0 fully saturated rings. The van der Waals surface area contributed by atoms with E-state index in [1.165, 1.54) is 11.1 Å². The summed E-state index contributed by atoms with van der Waals surface area (Å²) >= 11 is 3.65. The molecule has 0 aliphatic rings. The Balaban J connectivity index is 1.96. The van der Waals surface area contributed by atoms with Gasteiger partial charge in [-0.15, -0.1) is 0 Å². The van der Waals surface area contributed by atoms with Gasteiger partial charge in [-0.2, -0.15) is 0 Å². The van der Waals surface area contributed by atoms with E-state index in [1.54, 1.807) is 12.1 Å². The quantitative estimate of drug-likeness (QED) is 0.426. The number of aryl methyl sites for hydroxylation is 2. The number of para-hydroxylation sites is 1. The van der Waals surface area contributed by atoms with Crippen LogP contribution in [0.25, 0.3) is 0 Å². The van der Waals surface area contributed by atoms with E-state index in [1.807, 2.05) is 12.1 Å². The molecule has 0 heterocycles. The van der Waals surface area contributed by atoms with Crippen LogP contribution >= 0.6 is 15.9 Å². The fourth-order valence-electron chi connectivity index (χ4n) is 2.39. The zero-order valence-corrected chi connectivity index (χ0v) is 13.5. The SMILES string of the molecule is Cc1cccc(CCC(Br)Cc2ccccc2[N+](=O)[O-])c1. The highest BCUT2D eigenvalue weighted by molar-refractivity contribution is 9.09. The van der Waals surface area contributed by atoms with Gasteiger partial charge in [-0.25, -0.2) is 0 Å². The molecule has 1 atom stereocenters. The van der Waals surface area contributed by atoms with Crippen molar-refractivity contribution in [3.8, 4) is 0 Å². The molecule has 0 spiro atoms. The van der Waals surface area contributed by atoms with Crippen molar-refractivity contribution in [3.05, 3.63) is 75.3 Å². The van der Waals surface area contributed by atoms with Crippen LogP contribution in [0.4, 0.5) is 5.69 Å². The molecule has 0 saturated heterocycles. The molecule has 1 unspecified atom stereocenters. The highest BCUT2D eigenvalue weighted by Crippen LogP contribution is 2.23. The molecule has 0 aromatic heterocycles. The predicted octanol–water partition coefficient (Wildman–Crippen LogP) is 4.84. The van der Waals surface area contributed by atoms with Crippen LogP contribution in [0.1, 0.15) is 23.1 Å². The van der Waals surface area contributed by atoms with Gasteiger partial charge in [0.05, 0.1) is 4.92 Å². The third kappa shape index (κ3) is 4.67. The van der Waals surface area contributed by atoms with Crippen molar-refractivity contribution in [2.75, 3.05) is 0 Å². The van der Waals surface area contributed by atoms with E-state index in [2.05, 4.69) is 47.1 Å². The molecule has 0 aliphatic heterocycles. The molecule has 0 aliphatic carbocycles. The second-order valence-corrected chi connectivity index (χ2v) is 6.51.